The molecule has 4 aromatic rings. The van der Waals surface area contributed by atoms with Crippen molar-refractivity contribution in [1.29, 1.82) is 0 Å². The van der Waals surface area contributed by atoms with E-state index in [2.05, 4.69) is 50.1 Å². The van der Waals surface area contributed by atoms with Crippen molar-refractivity contribution >= 4 is 40.3 Å². The summed E-state index contributed by atoms with van der Waals surface area (Å²) in [5.74, 6) is 1.72. The Bertz CT molecular complexity index is 2300. The number of fused-ring (bicyclic) bond motifs is 2. The number of carbonyl (C=O) groups is 3. The van der Waals surface area contributed by atoms with E-state index in [0.29, 0.717) is 22.7 Å². The Morgan fingerprint density at radius 2 is 1.67 bits per heavy atom. The van der Waals surface area contributed by atoms with Crippen molar-refractivity contribution in [3.05, 3.63) is 59.0 Å². The van der Waals surface area contributed by atoms with Crippen molar-refractivity contribution in [2.75, 3.05) is 55.6 Å². The molecule has 3 N–H and O–H groups in total. The molecule has 5 fully saturated rings. The second kappa shape index (κ2) is 17.0. The lowest BCUT2D eigenvalue weighted by atomic mass is 9.83. The van der Waals surface area contributed by atoms with Gasteiger partial charge in [-0.15, -0.1) is 0 Å². The van der Waals surface area contributed by atoms with Crippen LogP contribution in [0.4, 0.5) is 15.9 Å². The number of anilines is 2. The van der Waals surface area contributed by atoms with E-state index in [1.54, 1.807) is 12.1 Å². The third-order valence-corrected chi connectivity index (χ3v) is 13.7. The van der Waals surface area contributed by atoms with Gasteiger partial charge in [-0.3, -0.25) is 29.7 Å². The summed E-state index contributed by atoms with van der Waals surface area (Å²) in [6, 6.07) is 10.6. The van der Waals surface area contributed by atoms with Gasteiger partial charge < -0.3 is 24.5 Å². The third-order valence-electron chi connectivity index (χ3n) is 13.7. The van der Waals surface area contributed by atoms with Crippen LogP contribution >= 0.6 is 0 Å². The molecule has 2 saturated carbocycles. The Morgan fingerprint density at radius 3 is 2.39 bits per heavy atom. The fourth-order valence-corrected chi connectivity index (χ4v) is 9.60. The number of halogens is 1. The van der Waals surface area contributed by atoms with Crippen LogP contribution in [-0.2, 0) is 16.1 Å². The van der Waals surface area contributed by atoms with Gasteiger partial charge in [-0.25, -0.2) is 14.4 Å². The lowest BCUT2D eigenvalue weighted by Gasteiger charge is -2.39. The molecule has 6 aliphatic rings. The van der Waals surface area contributed by atoms with Gasteiger partial charge in [0.15, 0.2) is 5.82 Å². The molecule has 15 heteroatoms. The zero-order chi connectivity index (χ0) is 42.4. The zero-order valence-corrected chi connectivity index (χ0v) is 35.6. The molecule has 7 heterocycles. The zero-order valence-electron chi connectivity index (χ0n) is 35.6. The van der Waals surface area contributed by atoms with Crippen LogP contribution in [0.15, 0.2) is 36.4 Å². The second-order valence-corrected chi connectivity index (χ2v) is 18.5. The van der Waals surface area contributed by atoms with Crippen molar-refractivity contribution in [3.8, 4) is 17.1 Å². The SMILES string of the molecule is CC1CCC(CN2CCN(c3ccc4c(c3F)CN(C3CCC(=O)NC3=O)C4=O)CC2)CC1.Cc1cc(-c2n[nH]c3ccc(OC4(C)CC4)nc23)cc(N2CCC(O)CC2)n1.[HH].[HH]. The first-order valence-electron chi connectivity index (χ1n) is 22.3. The number of aromatic nitrogens is 4. The van der Waals surface area contributed by atoms with Gasteiger partial charge in [0.2, 0.25) is 17.7 Å². The minimum Gasteiger partial charge on any atom is -0.471 e. The van der Waals surface area contributed by atoms with Crippen LogP contribution in [0.1, 0.15) is 103 Å². The molecule has 10 rings (SSSR count). The molecule has 3 amide bonds. The predicted molar refractivity (Wildman–Crippen MR) is 234 cm³/mol. The maximum Gasteiger partial charge on any atom is 0.255 e. The molecule has 2 aliphatic carbocycles. The highest BCUT2D eigenvalue weighted by Gasteiger charge is 2.42. The Hall–Kier alpha value is -5.15. The number of hydrogen-bond donors (Lipinski definition) is 3. The Labute approximate surface area is 359 Å². The van der Waals surface area contributed by atoms with Gasteiger partial charge in [0, 0.05) is 83.5 Å². The number of H-pyrrole nitrogens is 1. The molecule has 14 nitrogen and oxygen atoms in total. The number of aryl methyl sites for hydroxylation is 1. The first kappa shape index (κ1) is 41.2. The molecule has 4 aliphatic heterocycles. The molecule has 1 atom stereocenters. The number of aliphatic hydroxyl groups is 1. The molecule has 0 bridgehead atoms. The summed E-state index contributed by atoms with van der Waals surface area (Å²) >= 11 is 0. The van der Waals surface area contributed by atoms with Crippen molar-refractivity contribution < 1.29 is 31.5 Å². The van der Waals surface area contributed by atoms with Crippen molar-refractivity contribution in [3.63, 3.8) is 0 Å². The third kappa shape index (κ3) is 8.95. The van der Waals surface area contributed by atoms with Crippen molar-refractivity contribution in [1.82, 2.24) is 35.3 Å². The van der Waals surface area contributed by atoms with Crippen LogP contribution in [0.25, 0.3) is 22.3 Å². The Morgan fingerprint density at radius 1 is 0.918 bits per heavy atom. The maximum atomic E-state index is 15.5. The molecular weight excluding hydrogens is 778 g/mol. The summed E-state index contributed by atoms with van der Waals surface area (Å²) in [5.41, 5.74) is 5.60. The first-order chi connectivity index (χ1) is 29.4. The van der Waals surface area contributed by atoms with Crippen molar-refractivity contribution in [2.45, 2.75) is 109 Å². The average Bonchev–Trinajstić information content (AvgIpc) is 3.66. The number of hydrogen-bond acceptors (Lipinski definition) is 11. The number of carbonyl (C=O) groups excluding carboxylic acids is 3. The van der Waals surface area contributed by atoms with Crippen molar-refractivity contribution in [2.24, 2.45) is 11.8 Å². The van der Waals surface area contributed by atoms with Gasteiger partial charge in [0.25, 0.3) is 5.91 Å². The minimum absolute atomic E-state index is 0. The highest BCUT2D eigenvalue weighted by Crippen LogP contribution is 2.40. The molecule has 3 aromatic heterocycles. The van der Waals surface area contributed by atoms with E-state index in [9.17, 15) is 19.5 Å². The molecule has 328 valence electrons. The van der Waals surface area contributed by atoms with E-state index in [0.717, 1.165) is 117 Å². The molecule has 0 spiro atoms. The van der Waals surface area contributed by atoms with Crippen LogP contribution in [0.5, 0.6) is 5.88 Å². The average molecular weight is 840 g/mol. The van der Waals surface area contributed by atoms with Gasteiger partial charge in [0.05, 0.1) is 23.9 Å². The van der Waals surface area contributed by atoms with E-state index in [1.165, 1.54) is 30.6 Å². The Kier molecular flexibility index (Phi) is 11.5. The summed E-state index contributed by atoms with van der Waals surface area (Å²) in [7, 11) is 0. The molecule has 3 saturated heterocycles. The number of imide groups is 1. The molecule has 1 unspecified atom stereocenters. The fraction of sp³-hybridized carbons (Fsp3) is 0.565. The number of piperazine rings is 1. The van der Waals surface area contributed by atoms with Gasteiger partial charge in [-0.1, -0.05) is 19.8 Å². The first-order valence-corrected chi connectivity index (χ1v) is 22.3. The normalized spacial score (nSPS) is 24.4. The summed E-state index contributed by atoms with van der Waals surface area (Å²) in [6.45, 7) is 12.7. The van der Waals surface area contributed by atoms with Gasteiger partial charge >= 0.3 is 0 Å². The van der Waals surface area contributed by atoms with Crippen LogP contribution < -0.4 is 19.9 Å². The number of aromatic amines is 1. The number of amides is 3. The molecule has 61 heavy (non-hydrogen) atoms. The van der Waals surface area contributed by atoms with Gasteiger partial charge in [0.1, 0.15) is 28.7 Å². The Balaban J connectivity index is 0.000000185. The standard InChI is InChI=1S/C25H33FN4O3.C21H25N5O2.2H2/c1-16-2-4-17(5-3-16)14-28-10-12-29(13-11-28)20-7-6-18-19(23(20)26)15-30(25(18)33)21-8-9-22(31)27-24(21)32;1-13-11-14(12-17(22-13)26-9-5-15(27)6-10-26)19-20-16(24-25-19)3-4-18(23-20)28-21(2)7-8-21;;/h6-7,16-17,21H,2-5,8-15H2,1H3,(H,27,31,32);3-4,11-12,15,27H,5-10H2,1-2H3,(H,24,25);2*1H. The highest BCUT2D eigenvalue weighted by molar-refractivity contribution is 6.05. The summed E-state index contributed by atoms with van der Waals surface area (Å²) in [5, 5.41) is 19.7. The number of ether oxygens (including phenoxy) is 1. The van der Waals surface area contributed by atoms with Gasteiger partial charge in [-0.05, 0) is 101 Å². The summed E-state index contributed by atoms with van der Waals surface area (Å²) in [4.78, 5) is 54.3. The smallest absolute Gasteiger partial charge is 0.255 e. The number of benzene rings is 1. The summed E-state index contributed by atoms with van der Waals surface area (Å²) < 4.78 is 21.6. The van der Waals surface area contributed by atoms with Crippen LogP contribution in [0.3, 0.4) is 0 Å². The number of rotatable bonds is 8. The topological polar surface area (TPSA) is 160 Å². The lowest BCUT2D eigenvalue weighted by Crippen LogP contribution is -2.52. The largest absolute Gasteiger partial charge is 0.471 e. The summed E-state index contributed by atoms with van der Waals surface area (Å²) in [6.07, 6.45) is 9.26. The lowest BCUT2D eigenvalue weighted by molar-refractivity contribution is -0.136. The van der Waals surface area contributed by atoms with Crippen LogP contribution in [0, 0.1) is 24.6 Å². The number of aliphatic hydroxyl groups excluding tert-OH is 1. The van der Waals surface area contributed by atoms with E-state index in [-0.39, 0.29) is 51.6 Å². The van der Waals surface area contributed by atoms with Crippen LogP contribution in [-0.4, -0.2) is 116 Å². The monoisotopic (exact) mass is 839 g/mol. The highest BCUT2D eigenvalue weighted by atomic mass is 19.1. The number of pyridine rings is 2. The van der Waals surface area contributed by atoms with Gasteiger partial charge in [-0.2, -0.15) is 5.10 Å². The van der Waals surface area contributed by atoms with E-state index < -0.39 is 11.9 Å². The van der Waals surface area contributed by atoms with Crippen LogP contribution in [0.2, 0.25) is 0 Å². The minimum atomic E-state index is -0.725. The molecule has 1 aromatic carbocycles. The van der Waals surface area contributed by atoms with E-state index in [4.69, 9.17) is 14.7 Å². The fourth-order valence-electron chi connectivity index (χ4n) is 9.60. The van der Waals surface area contributed by atoms with E-state index >= 15 is 4.39 Å². The van der Waals surface area contributed by atoms with E-state index in [1.807, 2.05) is 25.1 Å². The predicted octanol–water partition coefficient (Wildman–Crippen LogP) is 6.25. The second-order valence-electron chi connectivity index (χ2n) is 18.5. The molecule has 0 radical (unpaired) electrons. The number of nitrogens with zero attached hydrogens (tertiary/aromatic N) is 7. The quantitative estimate of drug-likeness (QED) is 0.172. The maximum absolute atomic E-state index is 15.5. The molecular formula is C46H62FN9O5. The number of piperidine rings is 2. The number of nitrogens with one attached hydrogen (secondary N) is 2.